The van der Waals surface area contributed by atoms with Gasteiger partial charge in [-0.05, 0) is 32.2 Å². The topological polar surface area (TPSA) is 97.0 Å². The Balaban J connectivity index is 1.61. The molecule has 1 N–H and O–H groups in total. The quantitative estimate of drug-likeness (QED) is 0.833. The number of hydrogen-bond donors (Lipinski definition) is 1. The molecule has 142 valence electrons. The number of piperidine rings is 1. The Morgan fingerprint density at radius 3 is 2.88 bits per heavy atom. The van der Waals surface area contributed by atoms with Crippen LogP contribution in [0.2, 0.25) is 0 Å². The third kappa shape index (κ3) is 4.49. The number of rotatable bonds is 6. The minimum absolute atomic E-state index is 0.213. The molecule has 0 saturated carbocycles. The number of aromatic amines is 1. The highest BCUT2D eigenvalue weighted by Gasteiger charge is 2.26. The summed E-state index contributed by atoms with van der Waals surface area (Å²) in [6.45, 7) is 8.75. The highest BCUT2D eigenvalue weighted by atomic mass is 16.5. The summed E-state index contributed by atoms with van der Waals surface area (Å²) in [4.78, 5) is 33.4. The first-order valence-corrected chi connectivity index (χ1v) is 9.28. The molecule has 0 aromatic carbocycles. The van der Waals surface area contributed by atoms with Gasteiger partial charge in [-0.2, -0.15) is 4.98 Å². The molecule has 0 aliphatic carbocycles. The van der Waals surface area contributed by atoms with Crippen LogP contribution >= 0.6 is 0 Å². The number of likely N-dealkylation sites (tertiary alicyclic amines) is 1. The van der Waals surface area contributed by atoms with Gasteiger partial charge in [0.25, 0.3) is 5.56 Å². The molecule has 8 heteroatoms. The van der Waals surface area contributed by atoms with Gasteiger partial charge in [-0.3, -0.25) is 9.36 Å². The largest absolute Gasteiger partial charge is 0.339 e. The molecule has 1 fully saturated rings. The van der Waals surface area contributed by atoms with Crippen LogP contribution in [0.5, 0.6) is 0 Å². The van der Waals surface area contributed by atoms with Crippen molar-refractivity contribution in [2.45, 2.75) is 52.5 Å². The molecule has 8 nitrogen and oxygen atoms in total. The van der Waals surface area contributed by atoms with Gasteiger partial charge in [-0.25, -0.2) is 4.79 Å². The van der Waals surface area contributed by atoms with E-state index in [0.29, 0.717) is 30.6 Å². The molecule has 26 heavy (non-hydrogen) atoms. The zero-order valence-electron chi connectivity index (χ0n) is 15.7. The average Bonchev–Trinajstić information content (AvgIpc) is 3.02. The SMILES string of the molecule is Cc1cc(=O)n(CCN2CCCC(c3nc(CC(C)C)no3)C2)c(=O)[nH]1. The van der Waals surface area contributed by atoms with Crippen molar-refractivity contribution in [3.8, 4) is 0 Å². The zero-order chi connectivity index (χ0) is 18.7. The van der Waals surface area contributed by atoms with E-state index in [4.69, 9.17) is 4.52 Å². The van der Waals surface area contributed by atoms with Crippen molar-refractivity contribution in [1.29, 1.82) is 0 Å². The van der Waals surface area contributed by atoms with E-state index < -0.39 is 0 Å². The predicted molar refractivity (Wildman–Crippen MR) is 97.3 cm³/mol. The minimum Gasteiger partial charge on any atom is -0.339 e. The van der Waals surface area contributed by atoms with Crippen molar-refractivity contribution in [2.75, 3.05) is 19.6 Å². The molecule has 0 radical (unpaired) electrons. The Morgan fingerprint density at radius 1 is 1.35 bits per heavy atom. The summed E-state index contributed by atoms with van der Waals surface area (Å²) in [6, 6.07) is 1.45. The van der Waals surface area contributed by atoms with Gasteiger partial charge in [-0.1, -0.05) is 19.0 Å². The van der Waals surface area contributed by atoms with Gasteiger partial charge in [0.2, 0.25) is 5.89 Å². The lowest BCUT2D eigenvalue weighted by Gasteiger charge is -2.30. The van der Waals surface area contributed by atoms with Crippen molar-refractivity contribution in [1.82, 2.24) is 24.6 Å². The van der Waals surface area contributed by atoms with Gasteiger partial charge >= 0.3 is 5.69 Å². The number of nitrogens with one attached hydrogen (secondary N) is 1. The van der Waals surface area contributed by atoms with Gasteiger partial charge in [0.15, 0.2) is 5.82 Å². The van der Waals surface area contributed by atoms with E-state index in [2.05, 4.69) is 33.9 Å². The Labute approximate surface area is 152 Å². The van der Waals surface area contributed by atoms with Crippen LogP contribution in [0.1, 0.15) is 50.0 Å². The number of hydrogen-bond acceptors (Lipinski definition) is 6. The van der Waals surface area contributed by atoms with Crippen molar-refractivity contribution in [3.05, 3.63) is 44.3 Å². The molecule has 0 spiro atoms. The van der Waals surface area contributed by atoms with Crippen LogP contribution in [-0.2, 0) is 13.0 Å². The Kier molecular flexibility index (Phi) is 5.70. The van der Waals surface area contributed by atoms with E-state index in [1.165, 1.54) is 10.6 Å². The maximum absolute atomic E-state index is 12.0. The maximum atomic E-state index is 12.0. The Morgan fingerprint density at radius 2 is 2.15 bits per heavy atom. The monoisotopic (exact) mass is 361 g/mol. The minimum atomic E-state index is -0.348. The van der Waals surface area contributed by atoms with Crippen molar-refractivity contribution in [3.63, 3.8) is 0 Å². The summed E-state index contributed by atoms with van der Waals surface area (Å²) in [6.07, 6.45) is 2.87. The molecule has 1 atom stereocenters. The number of aryl methyl sites for hydroxylation is 1. The predicted octanol–water partition coefficient (Wildman–Crippen LogP) is 1.31. The smallest absolute Gasteiger partial charge is 0.328 e. The summed E-state index contributed by atoms with van der Waals surface area (Å²) >= 11 is 0. The molecule has 1 saturated heterocycles. The highest BCUT2D eigenvalue weighted by molar-refractivity contribution is 4.99. The molecule has 0 bridgehead atoms. The molecule has 2 aromatic rings. The van der Waals surface area contributed by atoms with Crippen LogP contribution in [0.4, 0.5) is 0 Å². The summed E-state index contributed by atoms with van der Waals surface area (Å²) < 4.78 is 6.72. The lowest BCUT2D eigenvalue weighted by Crippen LogP contribution is -2.41. The van der Waals surface area contributed by atoms with Crippen LogP contribution < -0.4 is 11.2 Å². The second kappa shape index (κ2) is 7.99. The van der Waals surface area contributed by atoms with Crippen molar-refractivity contribution >= 4 is 0 Å². The molecule has 2 aromatic heterocycles. The van der Waals surface area contributed by atoms with E-state index in [-0.39, 0.29) is 17.2 Å². The molecule has 1 aliphatic heterocycles. The molecule has 3 heterocycles. The first-order chi connectivity index (χ1) is 12.4. The lowest BCUT2D eigenvalue weighted by molar-refractivity contribution is 0.180. The number of nitrogens with zero attached hydrogens (tertiary/aromatic N) is 4. The fourth-order valence-corrected chi connectivity index (χ4v) is 3.43. The highest BCUT2D eigenvalue weighted by Crippen LogP contribution is 2.25. The molecule has 3 rings (SSSR count). The molecule has 0 amide bonds. The summed E-state index contributed by atoms with van der Waals surface area (Å²) in [5.41, 5.74) is -0.0169. The number of aromatic nitrogens is 4. The van der Waals surface area contributed by atoms with Gasteiger partial charge in [0, 0.05) is 37.8 Å². The Bertz CT molecular complexity index is 820. The van der Waals surface area contributed by atoms with E-state index in [1.807, 2.05) is 0 Å². The second-order valence-electron chi connectivity index (χ2n) is 7.53. The van der Waals surface area contributed by atoms with Gasteiger partial charge in [-0.15, -0.1) is 0 Å². The van der Waals surface area contributed by atoms with Crippen LogP contribution in [0.3, 0.4) is 0 Å². The molecule has 1 aliphatic rings. The molecular formula is C18H27N5O3. The fraction of sp³-hybridized carbons (Fsp3) is 0.667. The third-order valence-corrected chi connectivity index (χ3v) is 4.72. The summed E-state index contributed by atoms with van der Waals surface area (Å²) in [5, 5.41) is 4.09. The Hall–Kier alpha value is -2.22. The van der Waals surface area contributed by atoms with Crippen LogP contribution in [-0.4, -0.2) is 44.2 Å². The van der Waals surface area contributed by atoms with Gasteiger partial charge in [0.05, 0.1) is 5.92 Å². The van der Waals surface area contributed by atoms with Crippen molar-refractivity contribution < 1.29 is 4.52 Å². The normalized spacial score (nSPS) is 18.5. The third-order valence-electron chi connectivity index (χ3n) is 4.72. The van der Waals surface area contributed by atoms with E-state index in [9.17, 15) is 9.59 Å². The lowest BCUT2D eigenvalue weighted by atomic mass is 9.98. The van der Waals surface area contributed by atoms with Crippen LogP contribution in [0, 0.1) is 12.8 Å². The van der Waals surface area contributed by atoms with Crippen LogP contribution in [0.25, 0.3) is 0 Å². The maximum Gasteiger partial charge on any atom is 0.328 e. The zero-order valence-corrected chi connectivity index (χ0v) is 15.7. The van der Waals surface area contributed by atoms with E-state index in [1.54, 1.807) is 6.92 Å². The molecule has 1 unspecified atom stereocenters. The van der Waals surface area contributed by atoms with Gasteiger partial charge < -0.3 is 14.4 Å². The standard InChI is InChI=1S/C18H27N5O3/c1-12(2)9-15-20-17(26-21-15)14-5-4-6-22(11-14)7-8-23-16(24)10-13(3)19-18(23)25/h10,12,14H,4-9,11H2,1-3H3,(H,19,25). The first-order valence-electron chi connectivity index (χ1n) is 9.28. The van der Waals surface area contributed by atoms with E-state index in [0.717, 1.165) is 38.2 Å². The van der Waals surface area contributed by atoms with Crippen molar-refractivity contribution in [2.24, 2.45) is 5.92 Å². The van der Waals surface area contributed by atoms with Gasteiger partial charge in [0.1, 0.15) is 0 Å². The first kappa shape index (κ1) is 18.6. The van der Waals surface area contributed by atoms with Crippen LogP contribution in [0.15, 0.2) is 20.2 Å². The summed E-state index contributed by atoms with van der Waals surface area (Å²) in [7, 11) is 0. The summed E-state index contributed by atoms with van der Waals surface area (Å²) in [5.74, 6) is 2.18. The number of H-pyrrole nitrogens is 1. The van der Waals surface area contributed by atoms with E-state index >= 15 is 0 Å². The second-order valence-corrected chi connectivity index (χ2v) is 7.53. The molecular weight excluding hydrogens is 334 g/mol. The average molecular weight is 361 g/mol. The fourth-order valence-electron chi connectivity index (χ4n) is 3.43.